The molecule has 2 aliphatic heterocycles. The third-order valence-corrected chi connectivity index (χ3v) is 11.7. The molecule has 2 aromatic heterocycles. The third-order valence-electron chi connectivity index (χ3n) is 8.51. The first kappa shape index (κ1) is 34.5. The maximum Gasteiger partial charge on any atom is 0.407 e. The van der Waals surface area contributed by atoms with Crippen LogP contribution in [0, 0.1) is 0 Å². The van der Waals surface area contributed by atoms with Crippen molar-refractivity contribution in [2.24, 2.45) is 0 Å². The normalized spacial score (nSPS) is 16.7. The van der Waals surface area contributed by atoms with Crippen LogP contribution in [0.2, 0.25) is 19.1 Å². The van der Waals surface area contributed by atoms with E-state index < -0.39 is 43.3 Å². The highest BCUT2D eigenvalue weighted by atomic mass is 28.3. The van der Waals surface area contributed by atoms with Gasteiger partial charge in [-0.05, 0) is 68.3 Å². The summed E-state index contributed by atoms with van der Waals surface area (Å²) in [6.07, 6.45) is 0.968. The van der Waals surface area contributed by atoms with Gasteiger partial charge in [-0.1, -0.05) is 26.1 Å². The second-order valence-corrected chi connectivity index (χ2v) is 18.4. The van der Waals surface area contributed by atoms with Gasteiger partial charge in [0.25, 0.3) is 5.56 Å². The highest BCUT2D eigenvalue weighted by molar-refractivity contribution is 6.92. The summed E-state index contributed by atoms with van der Waals surface area (Å²) in [5.41, 5.74) is 0.161. The van der Waals surface area contributed by atoms with Crippen LogP contribution in [0.3, 0.4) is 0 Å². The van der Waals surface area contributed by atoms with Gasteiger partial charge in [-0.25, -0.2) is 14.6 Å². The van der Waals surface area contributed by atoms with E-state index in [9.17, 15) is 24.0 Å². The van der Waals surface area contributed by atoms with Crippen molar-refractivity contribution in [1.29, 1.82) is 0 Å². The van der Waals surface area contributed by atoms with Crippen molar-refractivity contribution >= 4 is 48.2 Å². The summed E-state index contributed by atoms with van der Waals surface area (Å²) in [7, 11) is -2.26. The number of hydrogen-bond donors (Lipinski definition) is 1. The molecule has 48 heavy (non-hydrogen) atoms. The smallest absolute Gasteiger partial charge is 0.407 e. The van der Waals surface area contributed by atoms with Crippen molar-refractivity contribution in [3.8, 4) is 17.1 Å². The van der Waals surface area contributed by atoms with Gasteiger partial charge in [0.05, 0.1) is 43.5 Å². The van der Waals surface area contributed by atoms with Crippen LogP contribution >= 0.6 is 0 Å². The van der Waals surface area contributed by atoms with E-state index in [0.717, 1.165) is 22.2 Å². The molecule has 4 heterocycles. The number of nitrogens with zero attached hydrogens (tertiary/aromatic N) is 2. The van der Waals surface area contributed by atoms with E-state index in [1.54, 1.807) is 50.5 Å². The molecule has 1 aromatic carbocycles. The Labute approximate surface area is 279 Å². The van der Waals surface area contributed by atoms with Gasteiger partial charge in [-0.2, -0.15) is 0 Å². The molecule has 1 unspecified atom stereocenters. The molecule has 3 aromatic rings. The molecule has 0 radical (unpaired) electrons. The summed E-state index contributed by atoms with van der Waals surface area (Å²) in [4.78, 5) is 69.5. The first-order valence-corrected chi connectivity index (χ1v) is 19.1. The SMILES string of the molecule is C=CC[Si](C)(C)c1c2c(nc3ccc(OC(C)=O)cc13)-c1cc3c(c(=O)n1C2)COC(=O)C3(CC)OC(=O)CCNC(=O)OC(C)(C)C. The van der Waals surface area contributed by atoms with Gasteiger partial charge >= 0.3 is 24.0 Å². The maximum absolute atomic E-state index is 14.2. The number of amides is 1. The van der Waals surface area contributed by atoms with E-state index in [2.05, 4.69) is 25.0 Å². The first-order valence-electron chi connectivity index (χ1n) is 15.9. The van der Waals surface area contributed by atoms with Crippen LogP contribution in [-0.4, -0.2) is 53.8 Å². The lowest BCUT2D eigenvalue weighted by Crippen LogP contribution is -2.47. The molecular weight excluding hydrogens is 634 g/mol. The van der Waals surface area contributed by atoms with Gasteiger partial charge in [0.1, 0.15) is 18.0 Å². The van der Waals surface area contributed by atoms with Crippen molar-refractivity contribution in [3.05, 3.63) is 64.0 Å². The van der Waals surface area contributed by atoms with Crippen LogP contribution in [0.25, 0.3) is 22.3 Å². The summed E-state index contributed by atoms with van der Waals surface area (Å²) < 4.78 is 23.6. The Balaban J connectivity index is 1.60. The Bertz CT molecular complexity index is 1920. The van der Waals surface area contributed by atoms with Crippen LogP contribution in [-0.2, 0) is 47.3 Å². The topological polar surface area (TPSA) is 152 Å². The second kappa shape index (κ2) is 12.7. The molecule has 0 fully saturated rings. The first-order chi connectivity index (χ1) is 22.5. The number of allylic oxidation sites excluding steroid dienone is 1. The van der Waals surface area contributed by atoms with Crippen LogP contribution in [0.5, 0.6) is 5.75 Å². The van der Waals surface area contributed by atoms with Gasteiger partial charge in [0.15, 0.2) is 0 Å². The average Bonchev–Trinajstić information content (AvgIpc) is 3.34. The van der Waals surface area contributed by atoms with Gasteiger partial charge in [-0.3, -0.25) is 14.4 Å². The molecule has 254 valence electrons. The summed E-state index contributed by atoms with van der Waals surface area (Å²) >= 11 is 0. The molecule has 1 N–H and O–H groups in total. The zero-order valence-electron chi connectivity index (χ0n) is 28.4. The van der Waals surface area contributed by atoms with E-state index in [4.69, 9.17) is 23.9 Å². The third kappa shape index (κ3) is 6.38. The van der Waals surface area contributed by atoms with Gasteiger partial charge in [0, 0.05) is 24.4 Å². The van der Waals surface area contributed by atoms with Crippen molar-refractivity contribution in [1.82, 2.24) is 14.9 Å². The molecule has 5 rings (SSSR count). The number of esters is 3. The number of cyclic esters (lactones) is 1. The molecule has 0 saturated heterocycles. The van der Waals surface area contributed by atoms with E-state index in [1.807, 2.05) is 12.1 Å². The number of carbonyl (C=O) groups is 4. The molecule has 1 atom stereocenters. The number of benzene rings is 1. The minimum absolute atomic E-state index is 0.00836. The van der Waals surface area contributed by atoms with E-state index >= 15 is 0 Å². The van der Waals surface area contributed by atoms with Crippen molar-refractivity contribution in [2.45, 2.75) is 91.0 Å². The van der Waals surface area contributed by atoms with Gasteiger partial charge < -0.3 is 28.8 Å². The largest absolute Gasteiger partial charge is 0.457 e. The fraction of sp³-hybridized carbons (Fsp3) is 0.429. The summed E-state index contributed by atoms with van der Waals surface area (Å²) in [5.74, 6) is -1.58. The number of fused-ring (bicyclic) bond motifs is 5. The Morgan fingerprint density at radius 1 is 1.17 bits per heavy atom. The lowest BCUT2D eigenvalue weighted by atomic mass is 9.85. The molecule has 0 saturated carbocycles. The van der Waals surface area contributed by atoms with Crippen LogP contribution < -0.4 is 20.8 Å². The highest BCUT2D eigenvalue weighted by Crippen LogP contribution is 2.41. The van der Waals surface area contributed by atoms with Crippen molar-refractivity contribution < 1.29 is 38.1 Å². The lowest BCUT2D eigenvalue weighted by Gasteiger charge is -2.35. The highest BCUT2D eigenvalue weighted by Gasteiger charge is 2.50. The second-order valence-electron chi connectivity index (χ2n) is 13.7. The Morgan fingerprint density at radius 2 is 1.90 bits per heavy atom. The van der Waals surface area contributed by atoms with E-state index in [1.165, 1.54) is 6.92 Å². The van der Waals surface area contributed by atoms with Gasteiger partial charge in [-0.15, -0.1) is 6.58 Å². The number of aromatic nitrogens is 2. The molecular formula is C35H41N3O9Si. The number of alkyl carbamates (subject to hydrolysis) is 1. The minimum Gasteiger partial charge on any atom is -0.457 e. The van der Waals surface area contributed by atoms with Crippen molar-refractivity contribution in [2.75, 3.05) is 6.54 Å². The number of hydrogen-bond acceptors (Lipinski definition) is 10. The van der Waals surface area contributed by atoms with E-state index in [-0.39, 0.29) is 49.2 Å². The quantitative estimate of drug-likeness (QED) is 0.0878. The van der Waals surface area contributed by atoms with Gasteiger partial charge in [0.2, 0.25) is 5.60 Å². The Kier molecular flexibility index (Phi) is 9.12. The number of rotatable bonds is 9. The van der Waals surface area contributed by atoms with E-state index in [0.29, 0.717) is 22.7 Å². The molecule has 0 spiro atoms. The number of ether oxygens (including phenoxy) is 4. The standard InChI is InChI=1S/C35H41N3O9Si/c1-9-15-48(7,8)30-22-16-21(45-20(3)39)11-12-26(22)37-29-23(30)18-38-27(29)17-25-24(31(38)41)19-44-32(42)35(25,10-2)46-28(40)13-14-36-33(43)47-34(4,5)6/h9,11-12,16-17H,1,10,13-15,18-19H2,2-8H3,(H,36,43). The fourth-order valence-corrected chi connectivity index (χ4v) is 9.38. The average molecular weight is 676 g/mol. The summed E-state index contributed by atoms with van der Waals surface area (Å²) in [6, 6.07) is 7.75. The predicted octanol–water partition coefficient (Wildman–Crippen LogP) is 4.57. The summed E-state index contributed by atoms with van der Waals surface area (Å²) in [6.45, 7) is 16.5. The lowest BCUT2D eigenvalue weighted by molar-refractivity contribution is -0.189. The fourth-order valence-electron chi connectivity index (χ4n) is 6.51. The number of carbonyl (C=O) groups excluding carboxylic acids is 4. The Morgan fingerprint density at radius 3 is 2.54 bits per heavy atom. The zero-order chi connectivity index (χ0) is 35.2. The number of pyridine rings is 2. The molecule has 0 bridgehead atoms. The van der Waals surface area contributed by atoms with Crippen LogP contribution in [0.15, 0.2) is 41.7 Å². The predicted molar refractivity (Wildman–Crippen MR) is 181 cm³/mol. The van der Waals surface area contributed by atoms with Crippen molar-refractivity contribution in [3.63, 3.8) is 0 Å². The Hall–Kier alpha value is -4.78. The molecule has 12 nitrogen and oxygen atoms in total. The molecule has 2 aliphatic rings. The number of nitrogens with one attached hydrogen (secondary N) is 1. The minimum atomic E-state index is -2.26. The monoisotopic (exact) mass is 675 g/mol. The maximum atomic E-state index is 14.2. The molecule has 13 heteroatoms. The molecule has 0 aliphatic carbocycles. The molecule has 1 amide bonds. The van der Waals surface area contributed by atoms with Crippen LogP contribution in [0.4, 0.5) is 4.79 Å². The van der Waals surface area contributed by atoms with Crippen LogP contribution in [0.1, 0.15) is 64.2 Å². The zero-order valence-corrected chi connectivity index (χ0v) is 29.4. The summed E-state index contributed by atoms with van der Waals surface area (Å²) in [5, 5.41) is 4.41.